The molecule has 2 heterocycles. The molecular weight excluding hydrogens is 593 g/mol. The molecule has 4 aromatic rings. The molecule has 8 heteroatoms. The van der Waals surface area contributed by atoms with E-state index in [9.17, 15) is 0 Å². The van der Waals surface area contributed by atoms with E-state index in [0.29, 0.717) is 0 Å². The number of thioether (sulfide) groups is 2. The highest BCUT2D eigenvalue weighted by atomic mass is 32.2. The first-order valence-corrected chi connectivity index (χ1v) is 16.8. The van der Waals surface area contributed by atoms with Crippen LogP contribution in [0.1, 0.15) is 22.3 Å². The first-order valence-electron chi connectivity index (χ1n) is 14.1. The maximum Gasteiger partial charge on any atom is 0.138 e. The Kier molecular flexibility index (Phi) is 11.9. The second-order valence-corrected chi connectivity index (χ2v) is 13.5. The molecule has 0 aliphatic carbocycles. The molecule has 6 rings (SSSR count). The van der Waals surface area contributed by atoms with Crippen LogP contribution in [0.4, 0.5) is 0 Å². The summed E-state index contributed by atoms with van der Waals surface area (Å²) in [4.78, 5) is 9.42. The van der Waals surface area contributed by atoms with Gasteiger partial charge in [-0.2, -0.15) is 0 Å². The van der Waals surface area contributed by atoms with Crippen LogP contribution in [0.15, 0.2) is 121 Å². The van der Waals surface area contributed by atoms with Crippen molar-refractivity contribution in [3.63, 3.8) is 0 Å². The fourth-order valence-corrected chi connectivity index (χ4v) is 6.97. The first-order chi connectivity index (χ1) is 20.6. The Morgan fingerprint density at radius 2 is 0.714 bits per heavy atom. The van der Waals surface area contributed by atoms with E-state index >= 15 is 0 Å². The van der Waals surface area contributed by atoms with E-state index in [1.54, 1.807) is 23.5 Å². The summed E-state index contributed by atoms with van der Waals surface area (Å²) in [7, 11) is 0. The molecule has 4 nitrogen and oxygen atoms in total. The third kappa shape index (κ3) is 9.66. The van der Waals surface area contributed by atoms with Crippen LogP contribution in [-0.2, 0) is 26.2 Å². The molecule has 0 saturated carbocycles. The van der Waals surface area contributed by atoms with Crippen molar-refractivity contribution in [2.45, 2.75) is 26.2 Å². The molecule has 2 fully saturated rings. The molecule has 0 amide bonds. The van der Waals surface area contributed by atoms with E-state index in [4.69, 9.17) is 24.4 Å². The Balaban J connectivity index is 0.000000168. The molecule has 0 atom stereocenters. The van der Waals surface area contributed by atoms with Crippen molar-refractivity contribution in [3.8, 4) is 0 Å². The summed E-state index contributed by atoms with van der Waals surface area (Å²) in [5, 5.41) is 0. The van der Waals surface area contributed by atoms with Crippen LogP contribution in [-0.4, -0.2) is 53.3 Å². The second kappa shape index (κ2) is 16.2. The SMILES string of the molecule is S=C1SCN(Cc2ccccc2)CN1Cc1ccccc1.S=C1SCN(Cc2ccccc2)CN1Cc1ccccc1. The summed E-state index contributed by atoms with van der Waals surface area (Å²) in [5.41, 5.74) is 5.32. The lowest BCUT2D eigenvalue weighted by atomic mass is 10.2. The minimum absolute atomic E-state index is 0.887. The van der Waals surface area contributed by atoms with Crippen molar-refractivity contribution in [2.75, 3.05) is 25.1 Å². The van der Waals surface area contributed by atoms with E-state index < -0.39 is 0 Å². The topological polar surface area (TPSA) is 13.0 Å². The average molecular weight is 629 g/mol. The highest BCUT2D eigenvalue weighted by Gasteiger charge is 2.23. The highest BCUT2D eigenvalue weighted by Crippen LogP contribution is 2.23. The fraction of sp³-hybridized carbons (Fsp3) is 0.235. The van der Waals surface area contributed by atoms with E-state index in [-0.39, 0.29) is 0 Å². The normalized spacial score (nSPS) is 16.2. The van der Waals surface area contributed by atoms with Crippen LogP contribution >= 0.6 is 48.0 Å². The Hall–Kier alpha value is -2.72. The quantitative estimate of drug-likeness (QED) is 0.181. The number of hydrogen-bond acceptors (Lipinski definition) is 6. The second-order valence-electron chi connectivity index (χ2n) is 10.4. The van der Waals surface area contributed by atoms with E-state index in [0.717, 1.165) is 59.9 Å². The third-order valence-corrected chi connectivity index (χ3v) is 10.2. The number of benzene rings is 4. The summed E-state index contributed by atoms with van der Waals surface area (Å²) in [6, 6.07) is 42.3. The fourth-order valence-electron chi connectivity index (χ4n) is 4.87. The number of rotatable bonds is 8. The summed E-state index contributed by atoms with van der Waals surface area (Å²) in [6.45, 7) is 5.52. The molecule has 0 unspecified atom stereocenters. The Morgan fingerprint density at radius 3 is 1.02 bits per heavy atom. The monoisotopic (exact) mass is 628 g/mol. The van der Waals surface area contributed by atoms with Gasteiger partial charge in [0, 0.05) is 26.2 Å². The van der Waals surface area contributed by atoms with Gasteiger partial charge in [-0.15, -0.1) is 0 Å². The van der Waals surface area contributed by atoms with E-state index in [2.05, 4.69) is 141 Å². The molecule has 0 radical (unpaired) electrons. The van der Waals surface area contributed by atoms with Crippen molar-refractivity contribution in [1.29, 1.82) is 0 Å². The maximum atomic E-state index is 5.51. The van der Waals surface area contributed by atoms with Crippen LogP contribution < -0.4 is 0 Å². The molecule has 2 saturated heterocycles. The van der Waals surface area contributed by atoms with Gasteiger partial charge in [-0.3, -0.25) is 9.80 Å². The van der Waals surface area contributed by atoms with Gasteiger partial charge in [0.1, 0.15) is 8.64 Å². The van der Waals surface area contributed by atoms with E-state index in [1.165, 1.54) is 22.3 Å². The van der Waals surface area contributed by atoms with E-state index in [1.807, 2.05) is 0 Å². The van der Waals surface area contributed by atoms with Gasteiger partial charge in [0.05, 0.1) is 25.1 Å². The van der Waals surface area contributed by atoms with Gasteiger partial charge in [0.25, 0.3) is 0 Å². The van der Waals surface area contributed by atoms with Gasteiger partial charge >= 0.3 is 0 Å². The summed E-state index contributed by atoms with van der Waals surface area (Å²) < 4.78 is 2.01. The van der Waals surface area contributed by atoms with Crippen LogP contribution in [0, 0.1) is 0 Å². The molecule has 42 heavy (non-hydrogen) atoms. The van der Waals surface area contributed by atoms with Gasteiger partial charge in [-0.05, 0) is 22.3 Å². The lowest BCUT2D eigenvalue weighted by Gasteiger charge is -2.36. The van der Waals surface area contributed by atoms with Crippen molar-refractivity contribution in [3.05, 3.63) is 144 Å². The molecule has 216 valence electrons. The van der Waals surface area contributed by atoms with Crippen LogP contribution in [0.3, 0.4) is 0 Å². The molecule has 0 aromatic heterocycles. The number of nitrogens with zero attached hydrogens (tertiary/aromatic N) is 4. The predicted molar refractivity (Wildman–Crippen MR) is 188 cm³/mol. The summed E-state index contributed by atoms with van der Waals surface area (Å²) in [5.74, 6) is 1.94. The Bertz CT molecular complexity index is 1280. The predicted octanol–water partition coefficient (Wildman–Crippen LogP) is 7.88. The average Bonchev–Trinajstić information content (AvgIpc) is 3.03. The zero-order valence-corrected chi connectivity index (χ0v) is 26.9. The Labute approximate surface area is 269 Å². The standard InChI is InChI=1S/2C17H18N2S2/c2*20-17-19(12-16-9-5-2-6-10-16)13-18(14-21-17)11-15-7-3-1-4-8-15/h2*1-10H,11-14H2. The largest absolute Gasteiger partial charge is 0.340 e. The van der Waals surface area contributed by atoms with Crippen LogP contribution in [0.5, 0.6) is 0 Å². The highest BCUT2D eigenvalue weighted by molar-refractivity contribution is 8.23. The lowest BCUT2D eigenvalue weighted by molar-refractivity contribution is 0.201. The van der Waals surface area contributed by atoms with Crippen molar-refractivity contribution in [2.24, 2.45) is 0 Å². The van der Waals surface area contributed by atoms with Gasteiger partial charge in [0.15, 0.2) is 0 Å². The zero-order valence-electron chi connectivity index (χ0n) is 23.6. The van der Waals surface area contributed by atoms with Gasteiger partial charge in [-0.25, -0.2) is 0 Å². The summed E-state index contributed by atoms with van der Waals surface area (Å²) >= 11 is 14.5. The third-order valence-electron chi connectivity index (χ3n) is 6.93. The molecule has 4 aromatic carbocycles. The Morgan fingerprint density at radius 1 is 0.429 bits per heavy atom. The molecule has 0 spiro atoms. The molecule has 2 aliphatic heterocycles. The molecular formula is C34H36N4S4. The number of thiocarbonyl (C=S) groups is 2. The van der Waals surface area contributed by atoms with Crippen LogP contribution in [0.25, 0.3) is 0 Å². The van der Waals surface area contributed by atoms with Crippen molar-refractivity contribution < 1.29 is 0 Å². The molecule has 0 bridgehead atoms. The van der Waals surface area contributed by atoms with Gasteiger partial charge in [0.2, 0.25) is 0 Å². The van der Waals surface area contributed by atoms with Gasteiger partial charge < -0.3 is 9.80 Å². The maximum absolute atomic E-state index is 5.51. The zero-order chi connectivity index (χ0) is 29.0. The minimum Gasteiger partial charge on any atom is -0.340 e. The lowest BCUT2D eigenvalue weighted by Crippen LogP contribution is -2.43. The summed E-state index contributed by atoms with van der Waals surface area (Å²) in [6.07, 6.45) is 0. The van der Waals surface area contributed by atoms with Crippen molar-refractivity contribution >= 4 is 56.6 Å². The minimum atomic E-state index is 0.887. The number of hydrogen-bond donors (Lipinski definition) is 0. The van der Waals surface area contributed by atoms with Crippen LogP contribution in [0.2, 0.25) is 0 Å². The molecule has 2 aliphatic rings. The van der Waals surface area contributed by atoms with Gasteiger partial charge in [-0.1, -0.05) is 169 Å². The van der Waals surface area contributed by atoms with Crippen molar-refractivity contribution in [1.82, 2.24) is 19.6 Å². The smallest absolute Gasteiger partial charge is 0.138 e. The molecule has 0 N–H and O–H groups in total. The first kappa shape index (κ1) is 30.7.